The van der Waals surface area contributed by atoms with Crippen molar-refractivity contribution in [3.63, 3.8) is 0 Å². The number of aryl methyl sites for hydroxylation is 1. The molecule has 3 N–H and O–H groups in total. The van der Waals surface area contributed by atoms with Crippen LogP contribution in [0.2, 0.25) is 0 Å². The smallest absolute Gasteiger partial charge is 0.322 e. The molecule has 0 aromatic carbocycles. The number of carboxylic acids is 1. The quantitative estimate of drug-likeness (QED) is 0.713. The normalized spacial score (nSPS) is 15.1. The van der Waals surface area contributed by atoms with Gasteiger partial charge >= 0.3 is 5.97 Å². The molecule has 1 aromatic heterocycles. The fraction of sp³-hybridized carbons (Fsp3) is 0.545. The Balaban J connectivity index is 2.02. The van der Waals surface area contributed by atoms with Crippen molar-refractivity contribution >= 4 is 17.6 Å². The standard InChI is InChI=1S/C11H16N4O2/c1-7-13-9(12-6-11(16)17)5-10(14-7)15-8-3-2-4-8/h5,8H,2-4,6H2,1H3,(H,16,17)(H2,12,13,14,15). The summed E-state index contributed by atoms with van der Waals surface area (Å²) in [5.41, 5.74) is 0. The maximum absolute atomic E-state index is 10.5. The van der Waals surface area contributed by atoms with Gasteiger partial charge in [0.2, 0.25) is 0 Å². The molecule has 0 spiro atoms. The Morgan fingerprint density at radius 2 is 2.18 bits per heavy atom. The predicted octanol–water partition coefficient (Wildman–Crippen LogP) is 1.25. The third kappa shape index (κ3) is 3.30. The number of hydrogen-bond acceptors (Lipinski definition) is 5. The maximum atomic E-state index is 10.5. The Hall–Kier alpha value is -1.85. The number of hydrogen-bond donors (Lipinski definition) is 3. The molecule has 1 heterocycles. The summed E-state index contributed by atoms with van der Waals surface area (Å²) in [4.78, 5) is 18.9. The van der Waals surface area contributed by atoms with Crippen LogP contribution < -0.4 is 10.6 Å². The van der Waals surface area contributed by atoms with E-state index in [0.717, 1.165) is 5.82 Å². The van der Waals surface area contributed by atoms with E-state index in [1.807, 2.05) is 0 Å². The van der Waals surface area contributed by atoms with Gasteiger partial charge in [0.05, 0.1) is 0 Å². The maximum Gasteiger partial charge on any atom is 0.322 e. The summed E-state index contributed by atoms with van der Waals surface area (Å²) in [6.45, 7) is 1.65. The highest BCUT2D eigenvalue weighted by molar-refractivity contribution is 5.72. The summed E-state index contributed by atoms with van der Waals surface area (Å²) >= 11 is 0. The van der Waals surface area contributed by atoms with Crippen LogP contribution in [-0.2, 0) is 4.79 Å². The molecule has 0 saturated heterocycles. The predicted molar refractivity (Wildman–Crippen MR) is 64.2 cm³/mol. The van der Waals surface area contributed by atoms with E-state index in [4.69, 9.17) is 5.11 Å². The van der Waals surface area contributed by atoms with E-state index in [1.54, 1.807) is 13.0 Å². The molecule has 1 fully saturated rings. The van der Waals surface area contributed by atoms with Crippen LogP contribution >= 0.6 is 0 Å². The van der Waals surface area contributed by atoms with E-state index in [-0.39, 0.29) is 6.54 Å². The first-order valence-corrected chi connectivity index (χ1v) is 5.71. The van der Waals surface area contributed by atoms with Gasteiger partial charge in [-0.05, 0) is 26.2 Å². The second-order valence-electron chi connectivity index (χ2n) is 4.21. The summed E-state index contributed by atoms with van der Waals surface area (Å²) < 4.78 is 0. The van der Waals surface area contributed by atoms with Crippen molar-refractivity contribution in [1.82, 2.24) is 9.97 Å². The molecular weight excluding hydrogens is 220 g/mol. The molecule has 1 aliphatic carbocycles. The minimum absolute atomic E-state index is 0.140. The first-order valence-electron chi connectivity index (χ1n) is 5.71. The van der Waals surface area contributed by atoms with Crippen molar-refractivity contribution in [2.75, 3.05) is 17.2 Å². The molecule has 0 aliphatic heterocycles. The average molecular weight is 236 g/mol. The lowest BCUT2D eigenvalue weighted by molar-refractivity contribution is -0.134. The minimum atomic E-state index is -0.908. The average Bonchev–Trinajstić information content (AvgIpc) is 2.20. The first-order chi connectivity index (χ1) is 8.13. The molecule has 1 aliphatic rings. The summed E-state index contributed by atoms with van der Waals surface area (Å²) in [7, 11) is 0. The Kier molecular flexibility index (Phi) is 3.41. The van der Waals surface area contributed by atoms with E-state index >= 15 is 0 Å². The number of anilines is 2. The van der Waals surface area contributed by atoms with Crippen LogP contribution in [0, 0.1) is 6.92 Å². The van der Waals surface area contributed by atoms with Crippen LogP contribution in [-0.4, -0.2) is 33.6 Å². The number of nitrogens with one attached hydrogen (secondary N) is 2. The molecule has 6 nitrogen and oxygen atoms in total. The summed E-state index contributed by atoms with van der Waals surface area (Å²) in [5, 5.41) is 14.6. The second-order valence-corrected chi connectivity index (χ2v) is 4.21. The van der Waals surface area contributed by atoms with E-state index in [9.17, 15) is 4.79 Å². The number of aliphatic carboxylic acids is 1. The van der Waals surface area contributed by atoms with Crippen molar-refractivity contribution in [3.8, 4) is 0 Å². The zero-order valence-electron chi connectivity index (χ0n) is 9.73. The highest BCUT2D eigenvalue weighted by atomic mass is 16.4. The van der Waals surface area contributed by atoms with Crippen LogP contribution in [0.25, 0.3) is 0 Å². The number of carboxylic acid groups (broad SMARTS) is 1. The first kappa shape index (κ1) is 11.6. The molecule has 2 rings (SSSR count). The van der Waals surface area contributed by atoms with E-state index in [1.165, 1.54) is 19.3 Å². The van der Waals surface area contributed by atoms with Crippen molar-refractivity contribution in [1.29, 1.82) is 0 Å². The lowest BCUT2D eigenvalue weighted by Gasteiger charge is -2.27. The van der Waals surface area contributed by atoms with Crippen molar-refractivity contribution in [3.05, 3.63) is 11.9 Å². The van der Waals surface area contributed by atoms with Gasteiger partial charge < -0.3 is 15.7 Å². The molecule has 0 amide bonds. The van der Waals surface area contributed by atoms with E-state index in [2.05, 4.69) is 20.6 Å². The highest BCUT2D eigenvalue weighted by Gasteiger charge is 2.17. The largest absolute Gasteiger partial charge is 0.480 e. The zero-order valence-corrected chi connectivity index (χ0v) is 9.73. The second kappa shape index (κ2) is 4.99. The lowest BCUT2D eigenvalue weighted by atomic mass is 9.93. The Bertz CT molecular complexity index is 418. The SMILES string of the molecule is Cc1nc(NCC(=O)O)cc(NC2CCC2)n1. The lowest BCUT2D eigenvalue weighted by Crippen LogP contribution is -2.27. The summed E-state index contributed by atoms with van der Waals surface area (Å²) in [5.74, 6) is 1.02. The van der Waals surface area contributed by atoms with Gasteiger partial charge in [0.1, 0.15) is 24.0 Å². The molecule has 6 heteroatoms. The van der Waals surface area contributed by atoms with Crippen molar-refractivity contribution in [2.45, 2.75) is 32.2 Å². The molecule has 0 bridgehead atoms. The Labute approximate surface area is 99.5 Å². The van der Waals surface area contributed by atoms with Crippen molar-refractivity contribution in [2.24, 2.45) is 0 Å². The Morgan fingerprint density at radius 3 is 2.76 bits per heavy atom. The van der Waals surface area contributed by atoms with Crippen LogP contribution in [0.5, 0.6) is 0 Å². The van der Waals surface area contributed by atoms with Gasteiger partial charge in [-0.15, -0.1) is 0 Å². The van der Waals surface area contributed by atoms with Gasteiger partial charge in [-0.2, -0.15) is 0 Å². The molecule has 0 radical (unpaired) electrons. The summed E-state index contributed by atoms with van der Waals surface area (Å²) in [6, 6.07) is 2.24. The van der Waals surface area contributed by atoms with Gasteiger partial charge in [-0.3, -0.25) is 4.79 Å². The number of rotatable bonds is 5. The van der Waals surface area contributed by atoms with Crippen LogP contribution in [0.3, 0.4) is 0 Å². The van der Waals surface area contributed by atoms with Gasteiger partial charge in [0.25, 0.3) is 0 Å². The molecule has 92 valence electrons. The van der Waals surface area contributed by atoms with Crippen LogP contribution in [0.4, 0.5) is 11.6 Å². The fourth-order valence-electron chi connectivity index (χ4n) is 1.66. The highest BCUT2D eigenvalue weighted by Crippen LogP contribution is 2.23. The fourth-order valence-corrected chi connectivity index (χ4v) is 1.66. The van der Waals surface area contributed by atoms with E-state index in [0.29, 0.717) is 17.7 Å². The minimum Gasteiger partial charge on any atom is -0.480 e. The van der Waals surface area contributed by atoms with E-state index < -0.39 is 5.97 Å². The van der Waals surface area contributed by atoms with Gasteiger partial charge in [0, 0.05) is 12.1 Å². The molecule has 1 saturated carbocycles. The third-order valence-electron chi connectivity index (χ3n) is 2.72. The number of nitrogens with zero attached hydrogens (tertiary/aromatic N) is 2. The molecular formula is C11H16N4O2. The summed E-state index contributed by atoms with van der Waals surface area (Å²) in [6.07, 6.45) is 3.59. The van der Waals surface area contributed by atoms with Crippen molar-refractivity contribution < 1.29 is 9.90 Å². The molecule has 17 heavy (non-hydrogen) atoms. The van der Waals surface area contributed by atoms with Crippen LogP contribution in [0.1, 0.15) is 25.1 Å². The third-order valence-corrected chi connectivity index (χ3v) is 2.72. The number of aromatic nitrogens is 2. The molecule has 0 atom stereocenters. The van der Waals surface area contributed by atoms with Gasteiger partial charge in [-0.1, -0.05) is 0 Å². The number of carbonyl (C=O) groups is 1. The Morgan fingerprint density at radius 1 is 1.47 bits per heavy atom. The molecule has 1 aromatic rings. The van der Waals surface area contributed by atoms with Crippen LogP contribution in [0.15, 0.2) is 6.07 Å². The zero-order chi connectivity index (χ0) is 12.3. The monoisotopic (exact) mass is 236 g/mol. The topological polar surface area (TPSA) is 87.1 Å². The van der Waals surface area contributed by atoms with Gasteiger partial charge in [0.15, 0.2) is 0 Å². The van der Waals surface area contributed by atoms with Gasteiger partial charge in [-0.25, -0.2) is 9.97 Å². The molecule has 0 unspecified atom stereocenters.